The van der Waals surface area contributed by atoms with Gasteiger partial charge in [0.1, 0.15) is 6.10 Å². The molecule has 0 aromatic carbocycles. The highest BCUT2D eigenvalue weighted by atomic mass is 16.5. The van der Waals surface area contributed by atoms with E-state index in [1.807, 2.05) is 6.26 Å². The molecule has 0 radical (unpaired) electrons. The molecule has 0 spiro atoms. The van der Waals surface area contributed by atoms with Crippen LogP contribution < -0.4 is 0 Å². The number of rotatable bonds is 9. The van der Waals surface area contributed by atoms with E-state index in [2.05, 4.69) is 19.9 Å². The summed E-state index contributed by atoms with van der Waals surface area (Å²) in [6.45, 7) is 4.52. The summed E-state index contributed by atoms with van der Waals surface area (Å²) in [4.78, 5) is 0. The van der Waals surface area contributed by atoms with Crippen LogP contribution in [0.4, 0.5) is 0 Å². The van der Waals surface area contributed by atoms with Gasteiger partial charge in [-0.25, -0.2) is 0 Å². The summed E-state index contributed by atoms with van der Waals surface area (Å²) in [5.41, 5.74) is 0. The van der Waals surface area contributed by atoms with Crippen molar-refractivity contribution < 1.29 is 4.74 Å². The van der Waals surface area contributed by atoms with E-state index in [0.29, 0.717) is 6.10 Å². The first kappa shape index (κ1) is 15.6. The summed E-state index contributed by atoms with van der Waals surface area (Å²) in [5.74, 6) is 0.819. The van der Waals surface area contributed by atoms with Crippen LogP contribution in [0.1, 0.15) is 84.5 Å². The fraction of sp³-hybridized carbons (Fsp3) is 0.882. The molecule has 1 atom stereocenters. The Labute approximate surface area is 114 Å². The maximum Gasteiger partial charge on any atom is 0.101 e. The van der Waals surface area contributed by atoms with Gasteiger partial charge >= 0.3 is 0 Å². The Morgan fingerprint density at radius 3 is 2.50 bits per heavy atom. The maximum absolute atomic E-state index is 6.02. The first-order chi connectivity index (χ1) is 8.88. The Morgan fingerprint density at radius 2 is 1.83 bits per heavy atom. The van der Waals surface area contributed by atoms with Crippen molar-refractivity contribution in [1.82, 2.24) is 0 Å². The van der Waals surface area contributed by atoms with Crippen molar-refractivity contribution in [2.24, 2.45) is 5.92 Å². The second kappa shape index (κ2) is 10.5. The lowest BCUT2D eigenvalue weighted by Crippen LogP contribution is -2.24. The molecule has 1 fully saturated rings. The van der Waals surface area contributed by atoms with Crippen molar-refractivity contribution in [2.45, 2.75) is 90.6 Å². The monoisotopic (exact) mass is 252 g/mol. The second-order valence-electron chi connectivity index (χ2n) is 5.73. The molecule has 1 unspecified atom stereocenters. The van der Waals surface area contributed by atoms with Crippen LogP contribution in [-0.2, 0) is 4.74 Å². The molecule has 1 rings (SSSR count). The van der Waals surface area contributed by atoms with Gasteiger partial charge in [-0.2, -0.15) is 0 Å². The van der Waals surface area contributed by atoms with Crippen LogP contribution in [0.25, 0.3) is 0 Å². The van der Waals surface area contributed by atoms with E-state index in [4.69, 9.17) is 4.74 Å². The fourth-order valence-corrected chi connectivity index (χ4v) is 2.94. The predicted molar refractivity (Wildman–Crippen MR) is 79.6 cm³/mol. The van der Waals surface area contributed by atoms with E-state index >= 15 is 0 Å². The van der Waals surface area contributed by atoms with E-state index in [0.717, 1.165) is 5.92 Å². The number of unbranched alkanes of at least 4 members (excludes halogenated alkanes) is 3. The van der Waals surface area contributed by atoms with E-state index in [1.54, 1.807) is 0 Å². The number of ether oxygens (including phenoxy) is 1. The maximum atomic E-state index is 6.02. The Balaban J connectivity index is 2.23. The minimum absolute atomic E-state index is 0.484. The van der Waals surface area contributed by atoms with Gasteiger partial charge in [0.2, 0.25) is 0 Å². The normalized spacial score (nSPS) is 19.2. The SMILES string of the molecule is CCCCCC=COC(CCC)C1CCCCC1. The average Bonchev–Trinajstić information content (AvgIpc) is 2.42. The lowest BCUT2D eigenvalue weighted by molar-refractivity contribution is 0.0585. The van der Waals surface area contributed by atoms with Gasteiger partial charge in [0.25, 0.3) is 0 Å². The molecule has 18 heavy (non-hydrogen) atoms. The fourth-order valence-electron chi connectivity index (χ4n) is 2.94. The summed E-state index contributed by atoms with van der Waals surface area (Å²) < 4.78 is 6.02. The largest absolute Gasteiger partial charge is 0.498 e. The van der Waals surface area contributed by atoms with Crippen LogP contribution in [0.3, 0.4) is 0 Å². The third-order valence-corrected chi connectivity index (χ3v) is 4.07. The Kier molecular flexibility index (Phi) is 9.06. The first-order valence-electron chi connectivity index (χ1n) is 8.19. The highest BCUT2D eigenvalue weighted by Crippen LogP contribution is 2.30. The molecule has 106 valence electrons. The number of hydrogen-bond donors (Lipinski definition) is 0. The zero-order chi connectivity index (χ0) is 13.1. The molecule has 1 nitrogen and oxygen atoms in total. The Hall–Kier alpha value is -0.460. The van der Waals surface area contributed by atoms with Gasteiger partial charge in [-0.1, -0.05) is 52.4 Å². The lowest BCUT2D eigenvalue weighted by Gasteiger charge is -2.29. The standard InChI is InChI=1S/C17H32O/c1-3-5-6-7-11-15-18-17(12-4-2)16-13-9-8-10-14-16/h11,15-17H,3-10,12-14H2,1-2H3. The van der Waals surface area contributed by atoms with Gasteiger partial charge < -0.3 is 4.74 Å². The van der Waals surface area contributed by atoms with E-state index < -0.39 is 0 Å². The molecule has 0 amide bonds. The van der Waals surface area contributed by atoms with E-state index in [1.165, 1.54) is 70.6 Å². The van der Waals surface area contributed by atoms with Crippen LogP contribution in [0.5, 0.6) is 0 Å². The van der Waals surface area contributed by atoms with E-state index in [9.17, 15) is 0 Å². The molecule has 1 aliphatic carbocycles. The summed E-state index contributed by atoms with van der Waals surface area (Å²) in [6, 6.07) is 0. The second-order valence-corrected chi connectivity index (χ2v) is 5.73. The molecule has 0 aliphatic heterocycles. The Bertz CT molecular complexity index is 204. The molecule has 1 saturated carbocycles. The zero-order valence-electron chi connectivity index (χ0n) is 12.5. The minimum Gasteiger partial charge on any atom is -0.498 e. The molecule has 0 aromatic rings. The molecule has 0 aromatic heterocycles. The quantitative estimate of drug-likeness (QED) is 0.369. The van der Waals surface area contributed by atoms with Crippen molar-refractivity contribution in [2.75, 3.05) is 0 Å². The zero-order valence-corrected chi connectivity index (χ0v) is 12.5. The van der Waals surface area contributed by atoms with Crippen LogP contribution in [0.2, 0.25) is 0 Å². The highest BCUT2D eigenvalue weighted by Gasteiger charge is 2.23. The molecule has 0 bridgehead atoms. The van der Waals surface area contributed by atoms with Gasteiger partial charge in [-0.3, -0.25) is 0 Å². The molecule has 1 heteroatoms. The van der Waals surface area contributed by atoms with Gasteiger partial charge in [-0.05, 0) is 44.1 Å². The Morgan fingerprint density at radius 1 is 1.06 bits per heavy atom. The van der Waals surface area contributed by atoms with Crippen molar-refractivity contribution in [3.05, 3.63) is 12.3 Å². The van der Waals surface area contributed by atoms with Gasteiger partial charge in [0.15, 0.2) is 0 Å². The molecule has 0 heterocycles. The van der Waals surface area contributed by atoms with Crippen LogP contribution >= 0.6 is 0 Å². The molecule has 0 saturated heterocycles. The summed E-state index contributed by atoms with van der Waals surface area (Å²) in [5, 5.41) is 0. The van der Waals surface area contributed by atoms with Gasteiger partial charge in [-0.15, -0.1) is 0 Å². The molecule has 0 N–H and O–H groups in total. The number of allylic oxidation sites excluding steroid dienone is 1. The van der Waals surface area contributed by atoms with Gasteiger partial charge in [0.05, 0.1) is 6.26 Å². The molecular formula is C17H32O. The smallest absolute Gasteiger partial charge is 0.101 e. The summed E-state index contributed by atoms with van der Waals surface area (Å²) in [7, 11) is 0. The van der Waals surface area contributed by atoms with Crippen LogP contribution in [0, 0.1) is 5.92 Å². The minimum atomic E-state index is 0.484. The van der Waals surface area contributed by atoms with E-state index in [-0.39, 0.29) is 0 Å². The van der Waals surface area contributed by atoms with Gasteiger partial charge in [0, 0.05) is 0 Å². The lowest BCUT2D eigenvalue weighted by atomic mass is 9.84. The van der Waals surface area contributed by atoms with Crippen molar-refractivity contribution in [1.29, 1.82) is 0 Å². The third kappa shape index (κ3) is 6.47. The van der Waals surface area contributed by atoms with Crippen molar-refractivity contribution in [3.63, 3.8) is 0 Å². The molecular weight excluding hydrogens is 220 g/mol. The van der Waals surface area contributed by atoms with Crippen LogP contribution in [-0.4, -0.2) is 6.10 Å². The predicted octanol–water partition coefficient (Wildman–Crippen LogP) is 5.85. The van der Waals surface area contributed by atoms with Crippen molar-refractivity contribution >= 4 is 0 Å². The number of hydrogen-bond acceptors (Lipinski definition) is 1. The average molecular weight is 252 g/mol. The first-order valence-corrected chi connectivity index (χ1v) is 8.19. The molecule has 1 aliphatic rings. The van der Waals surface area contributed by atoms with Crippen LogP contribution in [0.15, 0.2) is 12.3 Å². The summed E-state index contributed by atoms with van der Waals surface area (Å²) in [6.07, 6.45) is 19.3. The highest BCUT2D eigenvalue weighted by molar-refractivity contribution is 4.79. The third-order valence-electron chi connectivity index (χ3n) is 4.07. The topological polar surface area (TPSA) is 9.23 Å². The van der Waals surface area contributed by atoms with Crippen molar-refractivity contribution in [3.8, 4) is 0 Å². The summed E-state index contributed by atoms with van der Waals surface area (Å²) >= 11 is 0.